The maximum atomic E-state index is 11.4. The van der Waals surface area contributed by atoms with Crippen LogP contribution < -0.4 is 4.89 Å². The second-order valence-electron chi connectivity index (χ2n) is 4.99. The number of benzene rings is 2. The zero-order chi connectivity index (χ0) is 15.9. The Hall–Kier alpha value is -0.586. The molecule has 2 aromatic carbocycles. The Kier molecular flexibility index (Phi) is 9.17. The van der Waals surface area contributed by atoms with Crippen LogP contribution in [-0.2, 0) is 45.7 Å². The van der Waals surface area contributed by atoms with Gasteiger partial charge in [-0.3, -0.25) is 4.79 Å². The predicted molar refractivity (Wildman–Crippen MR) is 89.1 cm³/mol. The van der Waals surface area contributed by atoms with E-state index in [9.17, 15) is 4.79 Å². The van der Waals surface area contributed by atoms with Gasteiger partial charge in [0.15, 0.2) is 11.5 Å². The Morgan fingerprint density at radius 2 is 1.83 bits per heavy atom. The molecule has 0 saturated carbocycles. The van der Waals surface area contributed by atoms with Gasteiger partial charge in [-0.1, -0.05) is 33.6 Å². The summed E-state index contributed by atoms with van der Waals surface area (Å²) in [5.74, 6) is 0.583. The van der Waals surface area contributed by atoms with Gasteiger partial charge >= 0.3 is 0 Å². The average molecular weight is 452 g/mol. The van der Waals surface area contributed by atoms with E-state index in [2.05, 4.69) is 20.8 Å². The van der Waals surface area contributed by atoms with Crippen LogP contribution in [0.15, 0.2) is 46.9 Å². The standard InChI is InChI=1S/C10H10O3.C7H7BrN.Y/c11-10-3-1-2-7-6-8(13-12)4-5-9(7)10;8-7-3-1-6(5-9)2-4-7;/h4-6,12H,1-3H2;1-4,9H,5H2;/q;-1;. The molecular formula is C17H17BrNO3Y-. The van der Waals surface area contributed by atoms with Crippen LogP contribution in [0.25, 0.3) is 5.73 Å². The Labute approximate surface area is 169 Å². The molecule has 2 aromatic rings. The van der Waals surface area contributed by atoms with Crippen molar-refractivity contribution in [2.75, 3.05) is 0 Å². The third-order valence-electron chi connectivity index (χ3n) is 3.45. The van der Waals surface area contributed by atoms with Crippen LogP contribution in [0.2, 0.25) is 0 Å². The van der Waals surface area contributed by atoms with Crippen molar-refractivity contribution in [2.24, 2.45) is 0 Å². The van der Waals surface area contributed by atoms with Gasteiger partial charge in [0.1, 0.15) is 0 Å². The van der Waals surface area contributed by atoms with Crippen molar-refractivity contribution >= 4 is 21.7 Å². The Morgan fingerprint density at radius 3 is 2.43 bits per heavy atom. The smallest absolute Gasteiger partial charge is 0.165 e. The van der Waals surface area contributed by atoms with E-state index in [4.69, 9.17) is 11.0 Å². The molecule has 0 aliphatic heterocycles. The van der Waals surface area contributed by atoms with Crippen molar-refractivity contribution in [2.45, 2.75) is 25.8 Å². The molecule has 0 amide bonds. The maximum Gasteiger partial charge on any atom is 0.165 e. The third-order valence-corrected chi connectivity index (χ3v) is 3.98. The minimum absolute atomic E-state index is 0. The fourth-order valence-corrected chi connectivity index (χ4v) is 2.55. The number of rotatable bonds is 2. The SMILES string of the molecule is O=C1CCCc2cc(OO)ccc21.[NH-]Cc1ccc(Br)cc1.[Y]. The van der Waals surface area contributed by atoms with E-state index >= 15 is 0 Å². The number of fused-ring (bicyclic) bond motifs is 1. The van der Waals surface area contributed by atoms with Gasteiger partial charge in [0.05, 0.1) is 0 Å². The molecule has 0 atom stereocenters. The van der Waals surface area contributed by atoms with Gasteiger partial charge in [-0.2, -0.15) is 0 Å². The van der Waals surface area contributed by atoms with E-state index in [1.54, 1.807) is 18.2 Å². The summed E-state index contributed by atoms with van der Waals surface area (Å²) < 4.78 is 1.07. The molecule has 0 heterocycles. The van der Waals surface area contributed by atoms with Crippen LogP contribution in [0.4, 0.5) is 0 Å². The summed E-state index contributed by atoms with van der Waals surface area (Å²) in [6, 6.07) is 12.8. The van der Waals surface area contributed by atoms with E-state index in [-0.39, 0.29) is 38.5 Å². The summed E-state index contributed by atoms with van der Waals surface area (Å²) in [4.78, 5) is 15.5. The first-order chi connectivity index (χ1) is 10.6. The van der Waals surface area contributed by atoms with Gasteiger partial charge in [0.25, 0.3) is 0 Å². The summed E-state index contributed by atoms with van der Waals surface area (Å²) >= 11 is 3.31. The Bertz CT molecular complexity index is 647. The summed E-state index contributed by atoms with van der Waals surface area (Å²) in [5, 5.41) is 8.42. The molecule has 0 aromatic heterocycles. The normalized spacial score (nSPS) is 12.4. The van der Waals surface area contributed by atoms with E-state index in [1.165, 1.54) is 0 Å². The molecular weight excluding hydrogens is 435 g/mol. The Morgan fingerprint density at radius 1 is 1.13 bits per heavy atom. The van der Waals surface area contributed by atoms with E-state index in [1.807, 2.05) is 24.3 Å². The fraction of sp³-hybridized carbons (Fsp3) is 0.235. The summed E-state index contributed by atoms with van der Waals surface area (Å²) in [7, 11) is 0. The molecule has 4 nitrogen and oxygen atoms in total. The molecule has 1 aliphatic carbocycles. The molecule has 3 rings (SSSR count). The topological polar surface area (TPSA) is 70.3 Å². The van der Waals surface area contributed by atoms with E-state index < -0.39 is 0 Å². The second kappa shape index (κ2) is 10.3. The molecule has 1 aliphatic rings. The van der Waals surface area contributed by atoms with Crippen LogP contribution in [0.1, 0.15) is 34.3 Å². The van der Waals surface area contributed by atoms with Crippen molar-refractivity contribution in [1.29, 1.82) is 0 Å². The van der Waals surface area contributed by atoms with E-state index in [0.717, 1.165) is 34.0 Å². The van der Waals surface area contributed by atoms with Crippen molar-refractivity contribution in [3.8, 4) is 5.75 Å². The Balaban J connectivity index is 0.000000235. The number of Topliss-reactive ketones (excluding diaryl/α,β-unsaturated/α-hetero) is 1. The van der Waals surface area contributed by atoms with Crippen molar-refractivity contribution in [3.05, 3.63) is 69.4 Å². The first kappa shape index (κ1) is 20.5. The minimum atomic E-state index is 0. The molecule has 2 N–H and O–H groups in total. The first-order valence-corrected chi connectivity index (χ1v) is 7.80. The number of hydrogen-bond acceptors (Lipinski definition) is 3. The van der Waals surface area contributed by atoms with Gasteiger partial charge in [-0.15, -0.1) is 6.54 Å². The minimum Gasteiger partial charge on any atom is -0.674 e. The fourth-order valence-electron chi connectivity index (χ4n) is 2.28. The maximum absolute atomic E-state index is 11.4. The van der Waals surface area contributed by atoms with Crippen LogP contribution in [-0.4, -0.2) is 11.0 Å². The van der Waals surface area contributed by atoms with Gasteiger partial charge in [0.2, 0.25) is 0 Å². The zero-order valence-corrected chi connectivity index (χ0v) is 17.0. The number of carbonyl (C=O) groups excluding carboxylic acids is 1. The van der Waals surface area contributed by atoms with Crippen LogP contribution in [0.3, 0.4) is 0 Å². The van der Waals surface area contributed by atoms with Gasteiger partial charge in [0, 0.05) is 49.2 Å². The predicted octanol–water partition coefficient (Wildman–Crippen LogP) is 5.06. The van der Waals surface area contributed by atoms with Gasteiger partial charge in [-0.05, 0) is 48.7 Å². The van der Waals surface area contributed by atoms with Crippen molar-refractivity contribution in [1.82, 2.24) is 0 Å². The van der Waals surface area contributed by atoms with Crippen LogP contribution in [0.5, 0.6) is 5.75 Å². The molecule has 0 spiro atoms. The number of aryl methyl sites for hydroxylation is 1. The largest absolute Gasteiger partial charge is 0.674 e. The molecule has 0 saturated heterocycles. The molecule has 0 bridgehead atoms. The average Bonchev–Trinajstić information content (AvgIpc) is 2.56. The number of ketones is 1. The number of carbonyl (C=O) groups is 1. The van der Waals surface area contributed by atoms with Crippen LogP contribution in [0, 0.1) is 0 Å². The van der Waals surface area contributed by atoms with Gasteiger partial charge in [-0.25, -0.2) is 5.26 Å². The number of nitrogens with one attached hydrogen (secondary N) is 1. The molecule has 0 unspecified atom stereocenters. The molecule has 119 valence electrons. The monoisotopic (exact) mass is 451 g/mol. The second-order valence-corrected chi connectivity index (χ2v) is 5.91. The summed E-state index contributed by atoms with van der Waals surface area (Å²) in [5.41, 5.74) is 9.80. The number of halogens is 1. The van der Waals surface area contributed by atoms with Gasteiger partial charge < -0.3 is 10.6 Å². The third kappa shape index (κ3) is 6.09. The van der Waals surface area contributed by atoms with Crippen molar-refractivity contribution in [3.63, 3.8) is 0 Å². The molecule has 0 fully saturated rings. The molecule has 6 heteroatoms. The molecule has 23 heavy (non-hydrogen) atoms. The van der Waals surface area contributed by atoms with Crippen molar-refractivity contribution < 1.29 is 47.6 Å². The first-order valence-electron chi connectivity index (χ1n) is 7.00. The number of hydrogen-bond donors (Lipinski definition) is 1. The zero-order valence-electron chi connectivity index (χ0n) is 12.6. The summed E-state index contributed by atoms with van der Waals surface area (Å²) in [6.45, 7) is 0.368. The summed E-state index contributed by atoms with van der Waals surface area (Å²) in [6.07, 6.45) is 2.41. The quantitative estimate of drug-likeness (QED) is 0.512. The van der Waals surface area contributed by atoms with Crippen LogP contribution >= 0.6 is 15.9 Å². The molecule has 1 radical (unpaired) electrons. The van der Waals surface area contributed by atoms with E-state index in [0.29, 0.717) is 18.7 Å².